The minimum absolute atomic E-state index is 0.0535. The molecule has 0 saturated heterocycles. The topological polar surface area (TPSA) is 25.9 Å². The van der Waals surface area contributed by atoms with Crippen LogP contribution in [0.3, 0.4) is 0 Å². The van der Waals surface area contributed by atoms with E-state index in [1.165, 1.54) is 0 Å². The normalized spacial score (nSPS) is 10.7. The summed E-state index contributed by atoms with van der Waals surface area (Å²) in [5, 5.41) is 0. The summed E-state index contributed by atoms with van der Waals surface area (Å²) < 4.78 is 42.9. The molecule has 0 unspecified atom stereocenters. The fraction of sp³-hybridized carbons (Fsp3) is 0.167. The Bertz CT molecular complexity index is 593. The van der Waals surface area contributed by atoms with Crippen LogP contribution in [-0.2, 0) is 0 Å². The third-order valence-electron chi connectivity index (χ3n) is 2.30. The summed E-state index contributed by atoms with van der Waals surface area (Å²) in [5.41, 5.74) is 1.91. The van der Waals surface area contributed by atoms with Gasteiger partial charge in [0.2, 0.25) is 0 Å². The molecule has 0 aliphatic carbocycles. The standard InChI is InChI=1S/C12H13N2O.BF4/c1-10-8-12(15)9-11(2)14(10)13-6-4-3-5-7-13;2-1(3,4)5/h3-9H,1-2H3;/q+1;-1. The Labute approximate surface area is 113 Å². The van der Waals surface area contributed by atoms with E-state index < -0.39 is 7.25 Å². The van der Waals surface area contributed by atoms with Gasteiger partial charge in [0.1, 0.15) is 0 Å². The second kappa shape index (κ2) is 6.36. The van der Waals surface area contributed by atoms with Gasteiger partial charge < -0.3 is 17.3 Å². The summed E-state index contributed by atoms with van der Waals surface area (Å²) in [6, 6.07) is 9.14. The predicted octanol–water partition coefficient (Wildman–Crippen LogP) is 2.36. The van der Waals surface area contributed by atoms with E-state index in [1.54, 1.807) is 12.1 Å². The van der Waals surface area contributed by atoms with Crippen LogP contribution in [0.25, 0.3) is 0 Å². The third kappa shape index (κ3) is 5.25. The van der Waals surface area contributed by atoms with Gasteiger partial charge in [-0.05, 0) is 13.8 Å². The molecule has 2 aromatic rings. The summed E-state index contributed by atoms with van der Waals surface area (Å²) in [7, 11) is -6.00. The molecule has 3 nitrogen and oxygen atoms in total. The van der Waals surface area contributed by atoms with Crippen LogP contribution >= 0.6 is 0 Å². The Morgan fingerprint density at radius 1 is 0.950 bits per heavy atom. The first-order chi connectivity index (χ1) is 9.18. The van der Waals surface area contributed by atoms with Crippen molar-refractivity contribution in [2.24, 2.45) is 0 Å². The first-order valence-corrected chi connectivity index (χ1v) is 5.73. The van der Waals surface area contributed by atoms with Crippen molar-refractivity contribution in [1.82, 2.24) is 4.68 Å². The van der Waals surface area contributed by atoms with E-state index in [4.69, 9.17) is 0 Å². The molecule has 0 spiro atoms. The molecule has 2 heterocycles. The average molecular weight is 288 g/mol. The van der Waals surface area contributed by atoms with Gasteiger partial charge >= 0.3 is 7.25 Å². The minimum atomic E-state index is -6.00. The van der Waals surface area contributed by atoms with Crippen molar-refractivity contribution in [3.63, 3.8) is 0 Å². The largest absolute Gasteiger partial charge is 0.673 e. The van der Waals surface area contributed by atoms with E-state index in [2.05, 4.69) is 0 Å². The highest BCUT2D eigenvalue weighted by molar-refractivity contribution is 6.50. The zero-order valence-electron chi connectivity index (χ0n) is 10.9. The van der Waals surface area contributed by atoms with Crippen LogP contribution in [0.5, 0.6) is 0 Å². The molecule has 0 aliphatic heterocycles. The van der Waals surface area contributed by atoms with Crippen LogP contribution in [-0.4, -0.2) is 11.9 Å². The van der Waals surface area contributed by atoms with Gasteiger partial charge in [0.15, 0.2) is 17.8 Å². The lowest BCUT2D eigenvalue weighted by atomic mass is 10.3. The third-order valence-corrected chi connectivity index (χ3v) is 2.30. The Balaban J connectivity index is 0.000000347. The van der Waals surface area contributed by atoms with Crippen LogP contribution in [0.15, 0.2) is 47.5 Å². The maximum Gasteiger partial charge on any atom is 0.673 e. The van der Waals surface area contributed by atoms with Gasteiger partial charge in [-0.15, -0.1) is 4.68 Å². The van der Waals surface area contributed by atoms with Gasteiger partial charge in [-0.2, -0.15) is 0 Å². The Morgan fingerprint density at radius 2 is 1.35 bits per heavy atom. The fourth-order valence-corrected chi connectivity index (χ4v) is 1.74. The van der Waals surface area contributed by atoms with Crippen molar-refractivity contribution >= 4 is 7.25 Å². The van der Waals surface area contributed by atoms with Gasteiger partial charge in [0.05, 0.1) is 11.4 Å². The molecular formula is C12H13BF4N2O. The molecule has 0 saturated carbocycles. The summed E-state index contributed by atoms with van der Waals surface area (Å²) in [4.78, 5) is 11.3. The van der Waals surface area contributed by atoms with Crippen LogP contribution < -0.4 is 10.1 Å². The second-order valence-electron chi connectivity index (χ2n) is 4.04. The van der Waals surface area contributed by atoms with E-state index in [0.29, 0.717) is 0 Å². The Kier molecular flexibility index (Phi) is 5.07. The predicted molar refractivity (Wildman–Crippen MR) is 67.8 cm³/mol. The molecule has 2 aromatic heterocycles. The number of aromatic nitrogens is 2. The van der Waals surface area contributed by atoms with Gasteiger partial charge in [0, 0.05) is 24.3 Å². The molecule has 8 heteroatoms. The first kappa shape index (κ1) is 15.9. The lowest BCUT2D eigenvalue weighted by Gasteiger charge is -2.06. The number of hydrogen-bond donors (Lipinski definition) is 0. The lowest BCUT2D eigenvalue weighted by molar-refractivity contribution is -0.729. The molecule has 108 valence electrons. The molecule has 0 radical (unpaired) electrons. The smallest absolute Gasteiger partial charge is 0.418 e. The number of aryl methyl sites for hydroxylation is 2. The lowest BCUT2D eigenvalue weighted by Crippen LogP contribution is -2.44. The molecule has 2 rings (SSSR count). The molecule has 0 bridgehead atoms. The number of nitrogens with zero attached hydrogens (tertiary/aromatic N) is 2. The summed E-state index contributed by atoms with van der Waals surface area (Å²) >= 11 is 0. The molecule has 0 aliphatic rings. The van der Waals surface area contributed by atoms with Gasteiger partial charge in [-0.3, -0.25) is 4.79 Å². The van der Waals surface area contributed by atoms with Gasteiger partial charge in [-0.1, -0.05) is 10.7 Å². The highest BCUT2D eigenvalue weighted by Gasteiger charge is 2.20. The van der Waals surface area contributed by atoms with Gasteiger partial charge in [0.25, 0.3) is 0 Å². The van der Waals surface area contributed by atoms with E-state index in [-0.39, 0.29) is 5.43 Å². The molecule has 0 atom stereocenters. The maximum absolute atomic E-state index is 11.3. The number of rotatable bonds is 1. The van der Waals surface area contributed by atoms with Crippen LogP contribution in [0, 0.1) is 13.8 Å². The Morgan fingerprint density at radius 3 is 1.75 bits per heavy atom. The highest BCUT2D eigenvalue weighted by atomic mass is 19.5. The molecule has 0 amide bonds. The zero-order chi connectivity index (χ0) is 15.3. The monoisotopic (exact) mass is 288 g/mol. The SMILES string of the molecule is Cc1cc(=O)cc(C)n1-[n+]1ccccc1.F[B-](F)(F)F. The van der Waals surface area contributed by atoms with Crippen molar-refractivity contribution in [3.8, 4) is 0 Å². The van der Waals surface area contributed by atoms with Crippen LogP contribution in [0.4, 0.5) is 17.3 Å². The van der Waals surface area contributed by atoms with Gasteiger partial charge in [-0.25, -0.2) is 0 Å². The molecular weight excluding hydrogens is 275 g/mol. The van der Waals surface area contributed by atoms with Crippen LogP contribution in [0.2, 0.25) is 0 Å². The minimum Gasteiger partial charge on any atom is -0.418 e. The average Bonchev–Trinajstić information content (AvgIpc) is 2.26. The molecule has 0 aromatic carbocycles. The zero-order valence-corrected chi connectivity index (χ0v) is 10.9. The summed E-state index contributed by atoms with van der Waals surface area (Å²) in [5.74, 6) is 0. The number of hydrogen-bond acceptors (Lipinski definition) is 1. The van der Waals surface area contributed by atoms with E-state index >= 15 is 0 Å². The van der Waals surface area contributed by atoms with Crippen molar-refractivity contribution in [1.29, 1.82) is 0 Å². The number of halogens is 4. The highest BCUT2D eigenvalue weighted by Crippen LogP contribution is 2.06. The quantitative estimate of drug-likeness (QED) is 0.449. The number of pyridine rings is 2. The second-order valence-corrected chi connectivity index (χ2v) is 4.04. The van der Waals surface area contributed by atoms with Crippen LogP contribution in [0.1, 0.15) is 11.4 Å². The van der Waals surface area contributed by atoms with E-state index in [0.717, 1.165) is 11.4 Å². The molecule has 0 fully saturated rings. The summed E-state index contributed by atoms with van der Waals surface area (Å²) in [6.07, 6.45) is 3.90. The Hall–Kier alpha value is -2.12. The van der Waals surface area contributed by atoms with Crippen molar-refractivity contribution in [2.75, 3.05) is 0 Å². The fourth-order valence-electron chi connectivity index (χ4n) is 1.74. The van der Waals surface area contributed by atoms with Crippen molar-refractivity contribution in [2.45, 2.75) is 13.8 Å². The maximum atomic E-state index is 11.3. The first-order valence-electron chi connectivity index (χ1n) is 5.73. The molecule has 0 N–H and O–H groups in total. The van der Waals surface area contributed by atoms with Crippen molar-refractivity contribution < 1.29 is 21.9 Å². The summed E-state index contributed by atoms with van der Waals surface area (Å²) in [6.45, 7) is 3.85. The van der Waals surface area contributed by atoms with E-state index in [9.17, 15) is 22.1 Å². The van der Waals surface area contributed by atoms with Crippen molar-refractivity contribution in [3.05, 3.63) is 64.3 Å². The van der Waals surface area contributed by atoms with E-state index in [1.807, 2.05) is 53.8 Å². The molecule has 20 heavy (non-hydrogen) atoms.